The molecule has 0 atom stereocenters. The fourth-order valence-corrected chi connectivity index (χ4v) is 4.42. The number of anilines is 1. The average Bonchev–Trinajstić information content (AvgIpc) is 2.76. The molecule has 2 N–H and O–H groups in total. The van der Waals surface area contributed by atoms with Crippen LogP contribution in [0, 0.1) is 17.3 Å². The van der Waals surface area contributed by atoms with Crippen molar-refractivity contribution >= 4 is 78.1 Å². The average molecular weight is 628 g/mol. The number of nitrogen functional groups attached to an aromatic ring is 1. The predicted octanol–water partition coefficient (Wildman–Crippen LogP) is 6.40. The monoisotopic (exact) mass is 628 g/mol. The van der Waals surface area contributed by atoms with E-state index < -0.39 is 0 Å². The molecule has 0 radical (unpaired) electrons. The molecule has 30 heavy (non-hydrogen) atoms. The van der Waals surface area contributed by atoms with Gasteiger partial charge in [0, 0.05) is 26.1 Å². The summed E-state index contributed by atoms with van der Waals surface area (Å²) < 4.78 is 12.0. The quantitative estimate of drug-likeness (QED) is 0.123. The molecule has 6 nitrogen and oxygen atoms in total. The molecular formula is C22H18I2N2O4. The van der Waals surface area contributed by atoms with Crippen LogP contribution in [0.5, 0.6) is 11.5 Å². The van der Waals surface area contributed by atoms with E-state index in [0.29, 0.717) is 9.32 Å². The fraction of sp³-hybridized carbons (Fsp3) is 0.0909. The van der Waals surface area contributed by atoms with Crippen LogP contribution in [-0.4, -0.2) is 19.1 Å². The van der Waals surface area contributed by atoms with Gasteiger partial charge in [-0.1, -0.05) is 18.2 Å². The van der Waals surface area contributed by atoms with Gasteiger partial charge in [-0.3, -0.25) is 10.1 Å². The number of hydrogen-bond donors (Lipinski definition) is 1. The minimum Gasteiger partial charge on any atom is -0.497 e. The number of fused-ring (bicyclic) bond motifs is 2. The second-order valence-corrected chi connectivity index (χ2v) is 8.46. The van der Waals surface area contributed by atoms with Gasteiger partial charge in [0.2, 0.25) is 0 Å². The van der Waals surface area contributed by atoms with Crippen molar-refractivity contribution in [1.29, 1.82) is 0 Å². The summed E-state index contributed by atoms with van der Waals surface area (Å²) in [6.45, 7) is 0. The number of ether oxygens (including phenoxy) is 2. The highest BCUT2D eigenvalue weighted by Crippen LogP contribution is 2.31. The van der Waals surface area contributed by atoms with Crippen molar-refractivity contribution in [3.63, 3.8) is 0 Å². The lowest BCUT2D eigenvalue weighted by Crippen LogP contribution is -1.92. The van der Waals surface area contributed by atoms with Crippen LogP contribution in [0.1, 0.15) is 0 Å². The molecule has 154 valence electrons. The highest BCUT2D eigenvalue weighted by atomic mass is 127. The van der Waals surface area contributed by atoms with Crippen molar-refractivity contribution in [1.82, 2.24) is 0 Å². The summed E-state index contributed by atoms with van der Waals surface area (Å²) in [5.74, 6) is 1.56. The van der Waals surface area contributed by atoms with E-state index in [1.165, 1.54) is 11.5 Å². The number of benzene rings is 4. The largest absolute Gasteiger partial charge is 0.497 e. The Morgan fingerprint density at radius 1 is 0.800 bits per heavy atom. The van der Waals surface area contributed by atoms with Gasteiger partial charge in [-0.05, 0) is 92.4 Å². The molecule has 0 unspecified atom stereocenters. The molecule has 0 amide bonds. The van der Waals surface area contributed by atoms with Gasteiger partial charge >= 0.3 is 0 Å². The maximum Gasteiger partial charge on any atom is 0.283 e. The molecule has 4 aromatic rings. The zero-order valence-corrected chi connectivity index (χ0v) is 20.5. The molecule has 4 aromatic carbocycles. The van der Waals surface area contributed by atoms with Crippen molar-refractivity contribution in [2.75, 3.05) is 20.0 Å². The molecule has 4 rings (SSSR count). The highest BCUT2D eigenvalue weighted by molar-refractivity contribution is 14.1. The van der Waals surface area contributed by atoms with E-state index >= 15 is 0 Å². The molecule has 0 heterocycles. The molecule has 0 aliphatic heterocycles. The topological polar surface area (TPSA) is 87.6 Å². The molecule has 0 saturated carbocycles. The molecule has 0 saturated heterocycles. The maximum absolute atomic E-state index is 10.8. The van der Waals surface area contributed by atoms with Crippen LogP contribution < -0.4 is 15.2 Å². The van der Waals surface area contributed by atoms with Gasteiger partial charge in [0.25, 0.3) is 5.69 Å². The van der Waals surface area contributed by atoms with Gasteiger partial charge in [0.1, 0.15) is 11.5 Å². The van der Waals surface area contributed by atoms with E-state index in [2.05, 4.69) is 22.6 Å². The first-order valence-electron chi connectivity index (χ1n) is 8.78. The number of halogens is 2. The van der Waals surface area contributed by atoms with Gasteiger partial charge in [0.15, 0.2) is 0 Å². The van der Waals surface area contributed by atoms with E-state index in [9.17, 15) is 10.1 Å². The van der Waals surface area contributed by atoms with Gasteiger partial charge in [-0.15, -0.1) is 0 Å². The number of rotatable bonds is 3. The van der Waals surface area contributed by atoms with Gasteiger partial charge in [-0.25, -0.2) is 0 Å². The lowest BCUT2D eigenvalue weighted by molar-refractivity contribution is -0.385. The summed E-state index contributed by atoms with van der Waals surface area (Å²) in [4.78, 5) is 10.4. The minimum absolute atomic E-state index is 0.126. The third-order valence-electron chi connectivity index (χ3n) is 4.53. The number of nitrogens with two attached hydrogens (primary N) is 1. The van der Waals surface area contributed by atoms with Crippen molar-refractivity contribution < 1.29 is 14.4 Å². The summed E-state index contributed by atoms with van der Waals surface area (Å²) >= 11 is 4.24. The molecule has 0 fully saturated rings. The predicted molar refractivity (Wildman–Crippen MR) is 138 cm³/mol. The third kappa shape index (κ3) is 4.69. The Morgan fingerprint density at radius 2 is 1.27 bits per heavy atom. The number of nitro benzene ring substituents is 1. The summed E-state index contributed by atoms with van der Waals surface area (Å²) in [5.41, 5.74) is 6.77. The van der Waals surface area contributed by atoms with Gasteiger partial charge in [-0.2, -0.15) is 0 Å². The van der Waals surface area contributed by atoms with Crippen LogP contribution in [0.15, 0.2) is 60.7 Å². The smallest absolute Gasteiger partial charge is 0.283 e. The zero-order chi connectivity index (χ0) is 21.8. The van der Waals surface area contributed by atoms with Crippen LogP contribution in [0.3, 0.4) is 0 Å². The molecule has 8 heteroatoms. The van der Waals surface area contributed by atoms with Crippen LogP contribution >= 0.6 is 45.2 Å². The summed E-state index contributed by atoms with van der Waals surface area (Å²) in [5, 5.41) is 14.9. The molecule has 0 aliphatic carbocycles. The van der Waals surface area contributed by atoms with Crippen LogP contribution in [0.2, 0.25) is 0 Å². The van der Waals surface area contributed by atoms with Crippen molar-refractivity contribution in [3.8, 4) is 11.5 Å². The Hall–Kier alpha value is -2.34. The Morgan fingerprint density at radius 3 is 1.77 bits per heavy atom. The lowest BCUT2D eigenvalue weighted by Gasteiger charge is -2.06. The van der Waals surface area contributed by atoms with E-state index in [1.54, 1.807) is 20.3 Å². The van der Waals surface area contributed by atoms with Crippen LogP contribution in [0.4, 0.5) is 11.4 Å². The molecule has 0 aromatic heterocycles. The van der Waals surface area contributed by atoms with Crippen molar-refractivity contribution in [2.24, 2.45) is 0 Å². The first-order chi connectivity index (χ1) is 14.3. The summed E-state index contributed by atoms with van der Waals surface area (Å²) in [6.07, 6.45) is 0. The highest BCUT2D eigenvalue weighted by Gasteiger charge is 2.14. The SMILES string of the molecule is COc1ccc2ccc(N)c(I)c2c1.COc1ccc2ccc([N+](=O)[O-])c(I)c2c1. The maximum atomic E-state index is 10.8. The van der Waals surface area contributed by atoms with E-state index in [0.717, 1.165) is 31.2 Å². The molecular weight excluding hydrogens is 610 g/mol. The number of hydrogen-bond acceptors (Lipinski definition) is 5. The van der Waals surface area contributed by atoms with E-state index in [1.807, 2.05) is 71.1 Å². The summed E-state index contributed by atoms with van der Waals surface area (Å²) in [6, 6.07) is 18.8. The van der Waals surface area contributed by atoms with Crippen molar-refractivity contribution in [2.45, 2.75) is 0 Å². The van der Waals surface area contributed by atoms with Gasteiger partial charge in [0.05, 0.1) is 22.7 Å². The minimum atomic E-state index is -0.374. The first kappa shape index (κ1) is 22.3. The number of methoxy groups -OCH3 is 2. The zero-order valence-electron chi connectivity index (χ0n) is 16.2. The van der Waals surface area contributed by atoms with Crippen LogP contribution in [-0.2, 0) is 0 Å². The molecule has 0 bridgehead atoms. The number of nitrogens with zero attached hydrogens (tertiary/aromatic N) is 1. The first-order valence-corrected chi connectivity index (χ1v) is 10.9. The Labute approximate surface area is 200 Å². The Bertz CT molecular complexity index is 1240. The summed E-state index contributed by atoms with van der Waals surface area (Å²) in [7, 11) is 3.24. The Balaban J connectivity index is 0.000000172. The van der Waals surface area contributed by atoms with E-state index in [4.69, 9.17) is 15.2 Å². The Kier molecular flexibility index (Phi) is 7.19. The standard InChI is InChI=1S/C11H8INO3.C11H10INO/c1-16-8-4-2-7-3-5-10(13(14)15)11(12)9(7)6-8;1-14-8-4-2-7-3-5-10(13)11(12)9(7)6-8/h2-6H,1H3;2-6H,13H2,1H3. The molecule has 0 aliphatic rings. The second kappa shape index (κ2) is 9.65. The lowest BCUT2D eigenvalue weighted by atomic mass is 10.1. The van der Waals surface area contributed by atoms with E-state index in [-0.39, 0.29) is 10.6 Å². The van der Waals surface area contributed by atoms with Crippen LogP contribution in [0.25, 0.3) is 21.5 Å². The third-order valence-corrected chi connectivity index (χ3v) is 6.87. The van der Waals surface area contributed by atoms with Gasteiger partial charge < -0.3 is 15.2 Å². The normalized spacial score (nSPS) is 10.4. The fourth-order valence-electron chi connectivity index (χ4n) is 2.92. The number of nitro groups is 1. The second-order valence-electron chi connectivity index (χ2n) is 6.30. The molecule has 0 spiro atoms. The van der Waals surface area contributed by atoms with Crippen molar-refractivity contribution in [3.05, 3.63) is 77.9 Å².